The van der Waals surface area contributed by atoms with Gasteiger partial charge >= 0.3 is 0 Å². The molecule has 0 aliphatic heterocycles. The zero-order chi connectivity index (χ0) is 15.4. The van der Waals surface area contributed by atoms with Gasteiger partial charge in [-0.1, -0.05) is 30.3 Å². The third-order valence-electron chi connectivity index (χ3n) is 3.67. The van der Waals surface area contributed by atoms with Gasteiger partial charge in [-0.3, -0.25) is 0 Å². The van der Waals surface area contributed by atoms with Gasteiger partial charge < -0.3 is 9.73 Å². The van der Waals surface area contributed by atoms with E-state index in [2.05, 4.69) is 24.4 Å². The molecular formula is C19H18FNO. The van der Waals surface area contributed by atoms with E-state index in [1.807, 2.05) is 30.3 Å². The van der Waals surface area contributed by atoms with Gasteiger partial charge in [0.25, 0.3) is 0 Å². The lowest BCUT2D eigenvalue weighted by atomic mass is 10.1. The molecule has 0 radical (unpaired) electrons. The van der Waals surface area contributed by atoms with Crippen LogP contribution in [0.4, 0.5) is 4.39 Å². The van der Waals surface area contributed by atoms with Crippen molar-refractivity contribution >= 4 is 0 Å². The lowest BCUT2D eigenvalue weighted by molar-refractivity contribution is 0.468. The van der Waals surface area contributed by atoms with Crippen LogP contribution < -0.4 is 5.32 Å². The summed E-state index contributed by atoms with van der Waals surface area (Å²) in [5.74, 6) is 1.38. The van der Waals surface area contributed by atoms with Crippen LogP contribution in [0.3, 0.4) is 0 Å². The van der Waals surface area contributed by atoms with Crippen LogP contribution >= 0.6 is 0 Å². The van der Waals surface area contributed by atoms with Gasteiger partial charge in [-0.25, -0.2) is 4.39 Å². The van der Waals surface area contributed by atoms with E-state index < -0.39 is 0 Å². The Morgan fingerprint density at radius 1 is 0.955 bits per heavy atom. The van der Waals surface area contributed by atoms with Crippen molar-refractivity contribution in [1.82, 2.24) is 5.32 Å². The minimum Gasteiger partial charge on any atom is -0.460 e. The number of halogens is 1. The van der Waals surface area contributed by atoms with Gasteiger partial charge in [0, 0.05) is 11.6 Å². The highest BCUT2D eigenvalue weighted by atomic mass is 19.1. The van der Waals surface area contributed by atoms with Crippen molar-refractivity contribution in [3.8, 4) is 11.3 Å². The Kier molecular flexibility index (Phi) is 4.35. The molecule has 0 bridgehead atoms. The average Bonchev–Trinajstić information content (AvgIpc) is 3.03. The van der Waals surface area contributed by atoms with Crippen LogP contribution in [0, 0.1) is 5.82 Å². The molecule has 0 aliphatic carbocycles. The molecule has 3 rings (SSSR count). The number of furan rings is 1. The van der Waals surface area contributed by atoms with Crippen LogP contribution in [-0.4, -0.2) is 0 Å². The first-order chi connectivity index (χ1) is 10.7. The van der Waals surface area contributed by atoms with Gasteiger partial charge in [-0.2, -0.15) is 0 Å². The molecule has 0 saturated heterocycles. The smallest absolute Gasteiger partial charge is 0.134 e. The van der Waals surface area contributed by atoms with E-state index >= 15 is 0 Å². The van der Waals surface area contributed by atoms with E-state index in [0.29, 0.717) is 6.54 Å². The van der Waals surface area contributed by atoms with Crippen molar-refractivity contribution in [2.45, 2.75) is 19.5 Å². The van der Waals surface area contributed by atoms with Crippen molar-refractivity contribution in [1.29, 1.82) is 0 Å². The first-order valence-corrected chi connectivity index (χ1v) is 7.35. The lowest BCUT2D eigenvalue weighted by Crippen LogP contribution is -2.17. The van der Waals surface area contributed by atoms with Crippen LogP contribution in [0.15, 0.2) is 71.1 Å². The number of hydrogen-bond acceptors (Lipinski definition) is 2. The fraction of sp³-hybridized carbons (Fsp3) is 0.158. The third-order valence-corrected chi connectivity index (χ3v) is 3.67. The summed E-state index contributed by atoms with van der Waals surface area (Å²) in [6.45, 7) is 2.77. The molecule has 0 unspecified atom stereocenters. The number of nitrogens with one attached hydrogen (secondary N) is 1. The second kappa shape index (κ2) is 6.58. The van der Waals surface area contributed by atoms with E-state index in [9.17, 15) is 4.39 Å². The van der Waals surface area contributed by atoms with Crippen molar-refractivity contribution in [2.24, 2.45) is 0 Å². The molecule has 1 aromatic heterocycles. The van der Waals surface area contributed by atoms with Crippen LogP contribution in [0.2, 0.25) is 0 Å². The summed E-state index contributed by atoms with van der Waals surface area (Å²) in [5.41, 5.74) is 2.12. The van der Waals surface area contributed by atoms with E-state index in [-0.39, 0.29) is 11.9 Å². The second-order valence-electron chi connectivity index (χ2n) is 5.29. The maximum Gasteiger partial charge on any atom is 0.134 e. The Morgan fingerprint density at radius 3 is 2.41 bits per heavy atom. The SMILES string of the molecule is C[C@H](NCc1ccc(-c2ccc(F)cc2)o1)c1ccccc1. The van der Waals surface area contributed by atoms with E-state index in [1.54, 1.807) is 12.1 Å². The molecule has 0 saturated carbocycles. The summed E-state index contributed by atoms with van der Waals surface area (Å²) >= 11 is 0. The molecule has 1 N–H and O–H groups in total. The van der Waals surface area contributed by atoms with Gasteiger partial charge in [-0.15, -0.1) is 0 Å². The molecule has 112 valence electrons. The van der Waals surface area contributed by atoms with Crippen LogP contribution in [0.5, 0.6) is 0 Å². The molecular weight excluding hydrogens is 277 g/mol. The zero-order valence-corrected chi connectivity index (χ0v) is 12.4. The van der Waals surface area contributed by atoms with Crippen LogP contribution in [0.1, 0.15) is 24.3 Å². The molecule has 0 aliphatic rings. The quantitative estimate of drug-likeness (QED) is 0.721. The summed E-state index contributed by atoms with van der Waals surface area (Å²) in [5, 5.41) is 3.44. The van der Waals surface area contributed by atoms with E-state index in [4.69, 9.17) is 4.42 Å². The normalized spacial score (nSPS) is 12.3. The Hall–Kier alpha value is -2.39. The Balaban J connectivity index is 1.63. The molecule has 2 nitrogen and oxygen atoms in total. The van der Waals surface area contributed by atoms with Crippen LogP contribution in [0.25, 0.3) is 11.3 Å². The highest BCUT2D eigenvalue weighted by Gasteiger charge is 2.08. The molecule has 22 heavy (non-hydrogen) atoms. The van der Waals surface area contributed by atoms with Gasteiger partial charge in [-0.05, 0) is 48.9 Å². The summed E-state index contributed by atoms with van der Waals surface area (Å²) < 4.78 is 18.7. The second-order valence-corrected chi connectivity index (χ2v) is 5.29. The number of rotatable bonds is 5. The summed E-state index contributed by atoms with van der Waals surface area (Å²) in [6, 6.07) is 20.7. The number of hydrogen-bond donors (Lipinski definition) is 1. The van der Waals surface area contributed by atoms with Crippen molar-refractivity contribution < 1.29 is 8.81 Å². The maximum atomic E-state index is 12.9. The average molecular weight is 295 g/mol. The van der Waals surface area contributed by atoms with Crippen molar-refractivity contribution in [3.05, 3.63) is 83.9 Å². The van der Waals surface area contributed by atoms with Gasteiger partial charge in [0.15, 0.2) is 0 Å². The topological polar surface area (TPSA) is 25.2 Å². The third kappa shape index (κ3) is 3.43. The van der Waals surface area contributed by atoms with Crippen molar-refractivity contribution in [2.75, 3.05) is 0 Å². The lowest BCUT2D eigenvalue weighted by Gasteiger charge is -2.12. The largest absolute Gasteiger partial charge is 0.460 e. The minimum absolute atomic E-state index is 0.242. The summed E-state index contributed by atoms with van der Waals surface area (Å²) in [4.78, 5) is 0. The van der Waals surface area contributed by atoms with Gasteiger partial charge in [0.1, 0.15) is 17.3 Å². The molecule has 3 aromatic rings. The Bertz CT molecular complexity index is 719. The standard InChI is InChI=1S/C19H18FNO/c1-14(15-5-3-2-4-6-15)21-13-18-11-12-19(22-18)16-7-9-17(20)10-8-16/h2-12,14,21H,13H2,1H3/t14-/m0/s1. The molecule has 2 aromatic carbocycles. The minimum atomic E-state index is -0.242. The molecule has 0 amide bonds. The zero-order valence-electron chi connectivity index (χ0n) is 12.4. The monoisotopic (exact) mass is 295 g/mol. The summed E-state index contributed by atoms with van der Waals surface area (Å²) in [6.07, 6.45) is 0. The highest BCUT2D eigenvalue weighted by Crippen LogP contribution is 2.23. The molecule has 1 atom stereocenters. The fourth-order valence-electron chi connectivity index (χ4n) is 2.36. The van der Waals surface area contributed by atoms with Gasteiger partial charge in [0.05, 0.1) is 6.54 Å². The summed E-state index contributed by atoms with van der Waals surface area (Å²) in [7, 11) is 0. The maximum absolute atomic E-state index is 12.9. The molecule has 0 spiro atoms. The Morgan fingerprint density at radius 2 is 1.68 bits per heavy atom. The van der Waals surface area contributed by atoms with E-state index in [0.717, 1.165) is 17.1 Å². The Labute approximate surface area is 129 Å². The predicted molar refractivity (Wildman–Crippen MR) is 85.8 cm³/mol. The number of benzene rings is 2. The first kappa shape index (κ1) is 14.5. The van der Waals surface area contributed by atoms with Crippen LogP contribution in [-0.2, 0) is 6.54 Å². The fourth-order valence-corrected chi connectivity index (χ4v) is 2.36. The molecule has 3 heteroatoms. The molecule has 1 heterocycles. The predicted octanol–water partition coefficient (Wildman–Crippen LogP) is 4.94. The van der Waals surface area contributed by atoms with Gasteiger partial charge in [0.2, 0.25) is 0 Å². The first-order valence-electron chi connectivity index (χ1n) is 7.35. The van der Waals surface area contributed by atoms with E-state index in [1.165, 1.54) is 17.7 Å². The highest BCUT2D eigenvalue weighted by molar-refractivity contribution is 5.57. The molecule has 0 fully saturated rings. The van der Waals surface area contributed by atoms with Crippen molar-refractivity contribution in [3.63, 3.8) is 0 Å².